The van der Waals surface area contributed by atoms with E-state index in [-0.39, 0.29) is 6.42 Å². The number of rotatable bonds is 3. The van der Waals surface area contributed by atoms with Crippen molar-refractivity contribution in [1.29, 1.82) is 0 Å². The number of aromatic nitrogens is 1. The quantitative estimate of drug-likeness (QED) is 0.703. The Hall–Kier alpha value is -1.32. The highest BCUT2D eigenvalue weighted by Gasteiger charge is 2.05. The highest BCUT2D eigenvalue weighted by molar-refractivity contribution is 5.69. The zero-order chi connectivity index (χ0) is 8.27. The van der Waals surface area contributed by atoms with Gasteiger partial charge in [0, 0.05) is 6.42 Å². The monoisotopic (exact) mass is 155 g/mol. The van der Waals surface area contributed by atoms with Crippen LogP contribution in [0, 0.1) is 0 Å². The summed E-state index contributed by atoms with van der Waals surface area (Å²) in [5.41, 5.74) is 0. The first-order valence-electron chi connectivity index (χ1n) is 3.37. The molecule has 0 aliphatic rings. The molecule has 0 amide bonds. The van der Waals surface area contributed by atoms with Crippen molar-refractivity contribution in [3.63, 3.8) is 0 Å². The van der Waals surface area contributed by atoms with E-state index in [9.17, 15) is 4.79 Å². The van der Waals surface area contributed by atoms with Crippen LogP contribution in [0.15, 0.2) is 10.6 Å². The summed E-state index contributed by atoms with van der Waals surface area (Å²) < 4.78 is 5.05. The lowest BCUT2D eigenvalue weighted by atomic mass is 10.4. The van der Waals surface area contributed by atoms with Gasteiger partial charge in [-0.15, -0.1) is 0 Å². The molecular formula is C7H9NO3. The summed E-state index contributed by atoms with van der Waals surface area (Å²) in [4.78, 5) is 14.0. The Morgan fingerprint density at radius 3 is 3.00 bits per heavy atom. The summed E-state index contributed by atoms with van der Waals surface area (Å²) in [6, 6.07) is 0. The van der Waals surface area contributed by atoms with E-state index in [0.717, 1.165) is 0 Å². The van der Waals surface area contributed by atoms with E-state index >= 15 is 0 Å². The Labute approximate surface area is 63.9 Å². The van der Waals surface area contributed by atoms with Gasteiger partial charge in [-0.3, -0.25) is 4.79 Å². The fourth-order valence-electron chi connectivity index (χ4n) is 0.742. The number of oxazole rings is 1. The van der Waals surface area contributed by atoms with E-state index in [0.29, 0.717) is 18.1 Å². The van der Waals surface area contributed by atoms with Gasteiger partial charge < -0.3 is 9.52 Å². The summed E-state index contributed by atoms with van der Waals surface area (Å²) in [5.74, 6) is 0.0967. The van der Waals surface area contributed by atoms with Crippen LogP contribution < -0.4 is 0 Å². The predicted molar refractivity (Wildman–Crippen MR) is 37.2 cm³/mol. The molecule has 0 saturated heterocycles. The Balaban J connectivity index is 2.65. The number of hydrogen-bond acceptors (Lipinski definition) is 3. The van der Waals surface area contributed by atoms with Crippen molar-refractivity contribution in [1.82, 2.24) is 4.98 Å². The van der Waals surface area contributed by atoms with Gasteiger partial charge in [0.1, 0.15) is 12.2 Å². The van der Waals surface area contributed by atoms with Crippen molar-refractivity contribution in [2.24, 2.45) is 0 Å². The first-order valence-corrected chi connectivity index (χ1v) is 3.37. The molecule has 0 fully saturated rings. The molecule has 0 radical (unpaired) electrons. The molecule has 11 heavy (non-hydrogen) atoms. The van der Waals surface area contributed by atoms with Crippen LogP contribution in [-0.4, -0.2) is 16.1 Å². The molecule has 0 bridgehead atoms. The summed E-state index contributed by atoms with van der Waals surface area (Å²) in [7, 11) is 0. The van der Waals surface area contributed by atoms with E-state index < -0.39 is 5.97 Å². The second-order valence-corrected chi connectivity index (χ2v) is 2.14. The van der Waals surface area contributed by atoms with Gasteiger partial charge in [-0.05, 0) is 0 Å². The van der Waals surface area contributed by atoms with E-state index in [1.807, 2.05) is 6.92 Å². The summed E-state index contributed by atoms with van der Waals surface area (Å²) in [6.45, 7) is 1.90. The van der Waals surface area contributed by atoms with E-state index in [2.05, 4.69) is 4.98 Å². The molecule has 1 rings (SSSR count). The van der Waals surface area contributed by atoms with Gasteiger partial charge in [-0.1, -0.05) is 6.92 Å². The van der Waals surface area contributed by atoms with Crippen molar-refractivity contribution in [2.45, 2.75) is 19.8 Å². The fourth-order valence-corrected chi connectivity index (χ4v) is 0.742. The zero-order valence-electron chi connectivity index (χ0n) is 6.20. The number of nitrogens with zero attached hydrogens (tertiary/aromatic N) is 1. The number of carboxylic acid groups (broad SMARTS) is 1. The highest BCUT2D eigenvalue weighted by atomic mass is 16.4. The van der Waals surface area contributed by atoms with E-state index in [1.54, 1.807) is 0 Å². The minimum absolute atomic E-state index is 0.0903. The lowest BCUT2D eigenvalue weighted by molar-refractivity contribution is -0.136. The molecule has 1 N–H and O–H groups in total. The maximum Gasteiger partial charge on any atom is 0.311 e. The second-order valence-electron chi connectivity index (χ2n) is 2.14. The molecule has 0 atom stereocenters. The Morgan fingerprint density at radius 2 is 2.55 bits per heavy atom. The smallest absolute Gasteiger partial charge is 0.311 e. The van der Waals surface area contributed by atoms with Gasteiger partial charge in [0.2, 0.25) is 0 Å². The van der Waals surface area contributed by atoms with Crippen LogP contribution in [0.4, 0.5) is 0 Å². The highest BCUT2D eigenvalue weighted by Crippen LogP contribution is 2.04. The van der Waals surface area contributed by atoms with Crippen LogP contribution in [0.25, 0.3) is 0 Å². The van der Waals surface area contributed by atoms with E-state index in [1.165, 1.54) is 6.20 Å². The lowest BCUT2D eigenvalue weighted by Gasteiger charge is -1.87. The molecule has 4 nitrogen and oxygen atoms in total. The van der Waals surface area contributed by atoms with Crippen molar-refractivity contribution in [2.75, 3.05) is 0 Å². The molecule has 0 unspecified atom stereocenters. The van der Waals surface area contributed by atoms with Crippen molar-refractivity contribution >= 4 is 5.97 Å². The van der Waals surface area contributed by atoms with E-state index in [4.69, 9.17) is 9.52 Å². The largest absolute Gasteiger partial charge is 0.481 e. The van der Waals surface area contributed by atoms with Gasteiger partial charge in [0.25, 0.3) is 0 Å². The number of hydrogen-bond donors (Lipinski definition) is 1. The molecule has 60 valence electrons. The van der Waals surface area contributed by atoms with Crippen LogP contribution in [0.5, 0.6) is 0 Å². The van der Waals surface area contributed by atoms with Gasteiger partial charge in [0.15, 0.2) is 5.89 Å². The first kappa shape index (κ1) is 7.78. The third-order valence-corrected chi connectivity index (χ3v) is 1.23. The van der Waals surface area contributed by atoms with Gasteiger partial charge in [-0.2, -0.15) is 0 Å². The Kier molecular flexibility index (Phi) is 2.25. The third kappa shape index (κ3) is 2.07. The summed E-state index contributed by atoms with van der Waals surface area (Å²) >= 11 is 0. The Bertz CT molecular complexity index is 254. The van der Waals surface area contributed by atoms with Crippen LogP contribution in [0.2, 0.25) is 0 Å². The number of carboxylic acids is 1. The maximum absolute atomic E-state index is 10.2. The van der Waals surface area contributed by atoms with Gasteiger partial charge in [-0.25, -0.2) is 4.98 Å². The molecule has 0 spiro atoms. The number of carbonyl (C=O) groups is 1. The number of aliphatic carboxylic acids is 1. The average Bonchev–Trinajstić information content (AvgIpc) is 2.34. The molecule has 0 aliphatic heterocycles. The molecule has 1 aromatic rings. The fraction of sp³-hybridized carbons (Fsp3) is 0.429. The summed E-state index contributed by atoms with van der Waals surface area (Å²) in [5, 5.41) is 8.36. The predicted octanol–water partition coefficient (Wildman–Crippen LogP) is 0.864. The number of aryl methyl sites for hydroxylation is 1. The molecular weight excluding hydrogens is 146 g/mol. The summed E-state index contributed by atoms with van der Waals surface area (Å²) in [6.07, 6.45) is 2.06. The molecule has 4 heteroatoms. The third-order valence-electron chi connectivity index (χ3n) is 1.23. The lowest BCUT2D eigenvalue weighted by Crippen LogP contribution is -1.97. The van der Waals surface area contributed by atoms with Gasteiger partial charge >= 0.3 is 5.97 Å². The van der Waals surface area contributed by atoms with Crippen LogP contribution in [-0.2, 0) is 17.6 Å². The molecule has 0 aromatic carbocycles. The van der Waals surface area contributed by atoms with Crippen molar-refractivity contribution in [3.05, 3.63) is 17.8 Å². The Morgan fingerprint density at radius 1 is 1.82 bits per heavy atom. The second kappa shape index (κ2) is 3.18. The minimum atomic E-state index is -0.899. The van der Waals surface area contributed by atoms with Crippen LogP contribution in [0.3, 0.4) is 0 Å². The zero-order valence-corrected chi connectivity index (χ0v) is 6.20. The SMILES string of the molecule is CCc1ncc(CC(=O)O)o1. The maximum atomic E-state index is 10.2. The first-order chi connectivity index (χ1) is 5.22. The van der Waals surface area contributed by atoms with Gasteiger partial charge in [0.05, 0.1) is 6.20 Å². The van der Waals surface area contributed by atoms with Crippen molar-refractivity contribution < 1.29 is 14.3 Å². The normalized spacial score (nSPS) is 9.91. The molecule has 0 aliphatic carbocycles. The molecule has 1 aromatic heterocycles. The van der Waals surface area contributed by atoms with Crippen LogP contribution >= 0.6 is 0 Å². The van der Waals surface area contributed by atoms with Crippen molar-refractivity contribution in [3.8, 4) is 0 Å². The topological polar surface area (TPSA) is 63.3 Å². The molecule has 1 heterocycles. The average molecular weight is 155 g/mol. The standard InChI is InChI=1S/C7H9NO3/c1-2-6-8-4-5(11-6)3-7(9)10/h4H,2-3H2,1H3,(H,9,10). The minimum Gasteiger partial charge on any atom is -0.481 e. The molecule has 0 saturated carbocycles. The van der Waals surface area contributed by atoms with Crippen LogP contribution in [0.1, 0.15) is 18.6 Å².